The van der Waals surface area contributed by atoms with Gasteiger partial charge in [-0.15, -0.1) is 23.4 Å². The molecule has 1 fully saturated rings. The SMILES string of the molecule is CC1=C(C(=O)C(C)(C)C)N2C(=O)[C@H](Cl)[C@@H]2SC1. The maximum Gasteiger partial charge on any atom is 0.249 e. The average Bonchev–Trinajstić information content (AvgIpc) is 2.25. The predicted molar refractivity (Wildman–Crippen MR) is 69.9 cm³/mol. The van der Waals surface area contributed by atoms with Crippen molar-refractivity contribution in [3.8, 4) is 0 Å². The molecule has 2 aliphatic heterocycles. The number of allylic oxidation sites excluding steroid dienone is 1. The number of rotatable bonds is 1. The summed E-state index contributed by atoms with van der Waals surface area (Å²) in [5, 5.41) is -0.537. The highest BCUT2D eigenvalue weighted by molar-refractivity contribution is 8.00. The van der Waals surface area contributed by atoms with E-state index in [0.29, 0.717) is 5.70 Å². The summed E-state index contributed by atoms with van der Waals surface area (Å²) in [6.45, 7) is 7.52. The van der Waals surface area contributed by atoms with Crippen LogP contribution in [0.15, 0.2) is 11.3 Å². The minimum atomic E-state index is -0.476. The summed E-state index contributed by atoms with van der Waals surface area (Å²) in [7, 11) is 0. The van der Waals surface area contributed by atoms with Crippen molar-refractivity contribution >= 4 is 35.1 Å². The third kappa shape index (κ3) is 1.91. The molecule has 2 atom stereocenters. The van der Waals surface area contributed by atoms with Crippen LogP contribution in [0.3, 0.4) is 0 Å². The Balaban J connectivity index is 2.37. The van der Waals surface area contributed by atoms with Crippen LogP contribution in [0.25, 0.3) is 0 Å². The van der Waals surface area contributed by atoms with Gasteiger partial charge in [-0.3, -0.25) is 14.5 Å². The van der Waals surface area contributed by atoms with Gasteiger partial charge < -0.3 is 0 Å². The number of β-lactam (4-membered cyclic amide) rings is 1. The van der Waals surface area contributed by atoms with Crippen LogP contribution in [0, 0.1) is 5.41 Å². The van der Waals surface area contributed by atoms with E-state index in [0.717, 1.165) is 11.3 Å². The van der Waals surface area contributed by atoms with Gasteiger partial charge in [-0.2, -0.15) is 0 Å². The number of carbonyl (C=O) groups is 2. The van der Waals surface area contributed by atoms with Gasteiger partial charge in [0.2, 0.25) is 5.91 Å². The van der Waals surface area contributed by atoms with E-state index in [1.807, 2.05) is 27.7 Å². The molecular weight excluding hydrogens is 258 g/mol. The third-order valence-corrected chi connectivity index (χ3v) is 4.99. The van der Waals surface area contributed by atoms with Crippen LogP contribution in [0.4, 0.5) is 0 Å². The summed E-state index contributed by atoms with van der Waals surface area (Å²) in [4.78, 5) is 25.7. The Kier molecular flexibility index (Phi) is 3.07. The van der Waals surface area contributed by atoms with Gasteiger partial charge in [0, 0.05) is 11.2 Å². The molecule has 2 aliphatic rings. The number of carbonyl (C=O) groups excluding carboxylic acids is 2. The molecule has 5 heteroatoms. The van der Waals surface area contributed by atoms with Crippen LogP contribution < -0.4 is 0 Å². The molecule has 0 saturated carbocycles. The van der Waals surface area contributed by atoms with E-state index in [1.54, 1.807) is 16.7 Å². The number of fused-ring (bicyclic) bond motifs is 1. The molecule has 3 nitrogen and oxygen atoms in total. The van der Waals surface area contributed by atoms with Gasteiger partial charge in [0.15, 0.2) is 5.78 Å². The molecule has 0 aromatic rings. The van der Waals surface area contributed by atoms with E-state index in [4.69, 9.17) is 11.6 Å². The van der Waals surface area contributed by atoms with E-state index in [-0.39, 0.29) is 17.1 Å². The molecule has 2 heterocycles. The molecule has 0 N–H and O–H groups in total. The Bertz CT molecular complexity index is 425. The molecule has 0 spiro atoms. The number of halogens is 1. The summed E-state index contributed by atoms with van der Waals surface area (Å²) < 4.78 is 0. The Hall–Kier alpha value is -0.480. The van der Waals surface area contributed by atoms with E-state index in [2.05, 4.69) is 0 Å². The van der Waals surface area contributed by atoms with Gasteiger partial charge in [-0.25, -0.2) is 0 Å². The number of thioether (sulfide) groups is 1. The van der Waals surface area contributed by atoms with Crippen LogP contribution in [0.5, 0.6) is 0 Å². The molecule has 2 rings (SSSR count). The minimum absolute atomic E-state index is 0.0252. The number of amides is 1. The lowest BCUT2D eigenvalue weighted by Gasteiger charge is -2.48. The van der Waals surface area contributed by atoms with Crippen molar-refractivity contribution in [1.82, 2.24) is 4.90 Å². The first-order valence-electron chi connectivity index (χ1n) is 5.58. The number of alkyl halides is 1. The van der Waals surface area contributed by atoms with Crippen LogP contribution >= 0.6 is 23.4 Å². The molecule has 94 valence electrons. The molecule has 0 aromatic heterocycles. The Labute approximate surface area is 111 Å². The van der Waals surface area contributed by atoms with Crippen molar-refractivity contribution in [2.24, 2.45) is 5.41 Å². The van der Waals surface area contributed by atoms with Crippen molar-refractivity contribution < 1.29 is 9.59 Å². The number of Topliss-reactive ketones (excluding diaryl/α,β-unsaturated/α-hetero) is 1. The fraction of sp³-hybridized carbons (Fsp3) is 0.667. The smallest absolute Gasteiger partial charge is 0.249 e. The van der Waals surface area contributed by atoms with Crippen molar-refractivity contribution in [2.75, 3.05) is 5.75 Å². The molecule has 0 bridgehead atoms. The lowest BCUT2D eigenvalue weighted by Crippen LogP contribution is -2.63. The summed E-state index contributed by atoms with van der Waals surface area (Å²) in [6.07, 6.45) is 0. The highest BCUT2D eigenvalue weighted by atomic mass is 35.5. The summed E-state index contributed by atoms with van der Waals surface area (Å²) in [5.41, 5.74) is 1.08. The summed E-state index contributed by atoms with van der Waals surface area (Å²) in [6, 6.07) is 0. The van der Waals surface area contributed by atoms with E-state index in [1.165, 1.54) is 0 Å². The molecule has 0 radical (unpaired) electrons. The van der Waals surface area contributed by atoms with E-state index < -0.39 is 10.8 Å². The van der Waals surface area contributed by atoms with Gasteiger partial charge in [0.1, 0.15) is 10.8 Å². The first-order chi connectivity index (χ1) is 7.75. The number of hydrogen-bond acceptors (Lipinski definition) is 3. The van der Waals surface area contributed by atoms with Crippen LogP contribution in [-0.2, 0) is 9.59 Å². The summed E-state index contributed by atoms with van der Waals surface area (Å²) in [5.74, 6) is 0.655. The van der Waals surface area contributed by atoms with Gasteiger partial charge in [-0.1, -0.05) is 20.8 Å². The Morgan fingerprint density at radius 2 is 2.06 bits per heavy atom. The fourth-order valence-corrected chi connectivity index (χ4v) is 3.61. The maximum atomic E-state index is 12.4. The zero-order valence-electron chi connectivity index (χ0n) is 10.4. The fourth-order valence-electron chi connectivity index (χ4n) is 1.97. The highest BCUT2D eigenvalue weighted by Crippen LogP contribution is 2.44. The van der Waals surface area contributed by atoms with E-state index in [9.17, 15) is 9.59 Å². The van der Waals surface area contributed by atoms with Crippen molar-refractivity contribution in [3.05, 3.63) is 11.3 Å². The first-order valence-corrected chi connectivity index (χ1v) is 7.07. The lowest BCUT2D eigenvalue weighted by molar-refractivity contribution is -0.141. The van der Waals surface area contributed by atoms with Gasteiger partial charge >= 0.3 is 0 Å². The number of hydrogen-bond donors (Lipinski definition) is 0. The molecule has 0 aromatic carbocycles. The Morgan fingerprint density at radius 1 is 1.47 bits per heavy atom. The zero-order valence-corrected chi connectivity index (χ0v) is 12.0. The minimum Gasteiger partial charge on any atom is -0.293 e. The average molecular weight is 274 g/mol. The maximum absolute atomic E-state index is 12.4. The lowest BCUT2D eigenvalue weighted by atomic mass is 9.86. The van der Waals surface area contributed by atoms with Gasteiger partial charge in [0.25, 0.3) is 0 Å². The molecule has 1 amide bonds. The molecular formula is C12H16ClNO2S. The molecule has 0 unspecified atom stereocenters. The molecule has 1 saturated heterocycles. The van der Waals surface area contributed by atoms with Crippen LogP contribution in [-0.4, -0.2) is 33.1 Å². The topological polar surface area (TPSA) is 37.4 Å². The standard InChI is InChI=1S/C12H16ClNO2S/c1-6-5-17-11-7(13)10(16)14(11)8(6)9(15)12(2,3)4/h7,11H,5H2,1-4H3/t7-,11-/m0/s1. The largest absolute Gasteiger partial charge is 0.293 e. The monoisotopic (exact) mass is 273 g/mol. The molecule has 0 aliphatic carbocycles. The first kappa shape index (κ1) is 13.0. The van der Waals surface area contributed by atoms with Crippen LogP contribution in [0.1, 0.15) is 27.7 Å². The third-order valence-electron chi connectivity index (χ3n) is 2.99. The Morgan fingerprint density at radius 3 is 2.59 bits per heavy atom. The van der Waals surface area contributed by atoms with Crippen molar-refractivity contribution in [1.29, 1.82) is 0 Å². The highest BCUT2D eigenvalue weighted by Gasteiger charge is 2.52. The van der Waals surface area contributed by atoms with Crippen molar-refractivity contribution in [2.45, 2.75) is 38.4 Å². The number of nitrogens with zero attached hydrogens (tertiary/aromatic N) is 1. The zero-order chi connectivity index (χ0) is 13.0. The normalized spacial score (nSPS) is 29.0. The van der Waals surface area contributed by atoms with Gasteiger partial charge in [0.05, 0.1) is 5.70 Å². The van der Waals surface area contributed by atoms with E-state index >= 15 is 0 Å². The summed E-state index contributed by atoms with van der Waals surface area (Å²) >= 11 is 7.59. The predicted octanol–water partition coefficient (Wildman–Crippen LogP) is 2.40. The second-order valence-corrected chi connectivity index (χ2v) is 7.09. The van der Waals surface area contributed by atoms with Crippen LogP contribution in [0.2, 0.25) is 0 Å². The van der Waals surface area contributed by atoms with Crippen molar-refractivity contribution in [3.63, 3.8) is 0 Å². The molecule has 17 heavy (non-hydrogen) atoms. The second kappa shape index (κ2) is 4.02. The second-order valence-electron chi connectivity index (χ2n) is 5.52. The quantitative estimate of drug-likeness (QED) is 0.544. The number of ketones is 1. The van der Waals surface area contributed by atoms with Gasteiger partial charge in [-0.05, 0) is 12.5 Å².